The molecular formula is C11H16N2O. The number of benzene rings is 1. The molecule has 76 valence electrons. The molecule has 0 aromatic heterocycles. The fourth-order valence-electron chi connectivity index (χ4n) is 1.23. The highest BCUT2D eigenvalue weighted by Crippen LogP contribution is 2.17. The van der Waals surface area contributed by atoms with Gasteiger partial charge in [-0.25, -0.2) is 0 Å². The first kappa shape index (κ1) is 10.6. The van der Waals surface area contributed by atoms with Gasteiger partial charge in [-0.05, 0) is 25.0 Å². The number of carbonyl (C=O) groups excluding carboxylic acids is 1. The quantitative estimate of drug-likeness (QED) is 0.720. The molecule has 0 atom stereocenters. The number of aryl methyl sites for hydroxylation is 2. The third-order valence-electron chi connectivity index (χ3n) is 2.13. The normalized spacial score (nSPS) is 9.64. The maximum atomic E-state index is 11.0. The number of hydrazine groups is 1. The van der Waals surface area contributed by atoms with E-state index in [1.165, 1.54) is 0 Å². The van der Waals surface area contributed by atoms with Crippen molar-refractivity contribution in [3.63, 3.8) is 0 Å². The Morgan fingerprint density at radius 2 is 1.86 bits per heavy atom. The molecule has 3 nitrogen and oxygen atoms in total. The molecule has 0 spiro atoms. The lowest BCUT2D eigenvalue weighted by Crippen LogP contribution is -2.29. The Morgan fingerprint density at radius 1 is 1.29 bits per heavy atom. The molecule has 1 aromatic rings. The average molecular weight is 192 g/mol. The second-order valence-electron chi connectivity index (χ2n) is 3.29. The number of nitrogens with one attached hydrogen (secondary N) is 2. The summed E-state index contributed by atoms with van der Waals surface area (Å²) in [6.07, 6.45) is 0.484. The van der Waals surface area contributed by atoms with Crippen LogP contribution in [-0.2, 0) is 4.79 Å². The molecule has 0 aliphatic heterocycles. The summed E-state index contributed by atoms with van der Waals surface area (Å²) in [7, 11) is 0. The largest absolute Gasteiger partial charge is 0.298 e. The van der Waals surface area contributed by atoms with Crippen LogP contribution >= 0.6 is 0 Å². The number of rotatable bonds is 3. The molecule has 0 heterocycles. The van der Waals surface area contributed by atoms with E-state index in [1.54, 1.807) is 0 Å². The number of carbonyl (C=O) groups is 1. The molecule has 0 fully saturated rings. The van der Waals surface area contributed by atoms with Crippen LogP contribution in [0, 0.1) is 13.8 Å². The third-order valence-corrected chi connectivity index (χ3v) is 2.13. The molecular weight excluding hydrogens is 176 g/mol. The molecule has 1 amide bonds. The van der Waals surface area contributed by atoms with E-state index in [-0.39, 0.29) is 5.91 Å². The first-order valence-electron chi connectivity index (χ1n) is 4.76. The number of anilines is 1. The van der Waals surface area contributed by atoms with Crippen molar-refractivity contribution in [2.75, 3.05) is 5.43 Å². The van der Waals surface area contributed by atoms with Crippen LogP contribution in [0.15, 0.2) is 18.2 Å². The van der Waals surface area contributed by atoms with Crippen LogP contribution in [0.4, 0.5) is 5.69 Å². The van der Waals surface area contributed by atoms with E-state index >= 15 is 0 Å². The standard InChI is InChI=1S/C11H16N2O/c1-4-10(14)12-13-11-8(2)6-5-7-9(11)3/h5-7,13H,4H2,1-3H3,(H,12,14). The second kappa shape index (κ2) is 4.65. The molecule has 0 aliphatic carbocycles. The summed E-state index contributed by atoms with van der Waals surface area (Å²) >= 11 is 0. The average Bonchev–Trinajstić information content (AvgIpc) is 2.16. The van der Waals surface area contributed by atoms with Crippen molar-refractivity contribution >= 4 is 11.6 Å². The van der Waals surface area contributed by atoms with Crippen LogP contribution in [-0.4, -0.2) is 5.91 Å². The van der Waals surface area contributed by atoms with E-state index in [0.717, 1.165) is 16.8 Å². The van der Waals surface area contributed by atoms with E-state index in [4.69, 9.17) is 0 Å². The summed E-state index contributed by atoms with van der Waals surface area (Å²) in [5, 5.41) is 0. The van der Waals surface area contributed by atoms with Gasteiger partial charge in [0.15, 0.2) is 0 Å². The molecule has 0 saturated carbocycles. The van der Waals surface area contributed by atoms with Gasteiger partial charge in [0.1, 0.15) is 0 Å². The maximum Gasteiger partial charge on any atom is 0.238 e. The van der Waals surface area contributed by atoms with Gasteiger partial charge in [0.05, 0.1) is 5.69 Å². The van der Waals surface area contributed by atoms with Crippen molar-refractivity contribution < 1.29 is 4.79 Å². The zero-order valence-corrected chi connectivity index (χ0v) is 8.85. The van der Waals surface area contributed by atoms with Crippen LogP contribution in [0.3, 0.4) is 0 Å². The van der Waals surface area contributed by atoms with Crippen molar-refractivity contribution in [2.45, 2.75) is 27.2 Å². The van der Waals surface area contributed by atoms with E-state index in [1.807, 2.05) is 39.0 Å². The predicted octanol–water partition coefficient (Wildman–Crippen LogP) is 2.16. The predicted molar refractivity (Wildman–Crippen MR) is 58.0 cm³/mol. The number of hydrogen-bond donors (Lipinski definition) is 2. The molecule has 0 aliphatic rings. The summed E-state index contributed by atoms with van der Waals surface area (Å²) in [5.74, 6) is -0.00680. The summed E-state index contributed by atoms with van der Waals surface area (Å²) in [6.45, 7) is 5.84. The molecule has 2 N–H and O–H groups in total. The van der Waals surface area contributed by atoms with Gasteiger partial charge in [-0.1, -0.05) is 25.1 Å². The van der Waals surface area contributed by atoms with Crippen LogP contribution < -0.4 is 10.9 Å². The lowest BCUT2D eigenvalue weighted by atomic mass is 10.1. The Kier molecular flexibility index (Phi) is 3.51. The van der Waals surface area contributed by atoms with E-state index < -0.39 is 0 Å². The second-order valence-corrected chi connectivity index (χ2v) is 3.29. The fraction of sp³-hybridized carbons (Fsp3) is 0.364. The van der Waals surface area contributed by atoms with Crippen LogP contribution in [0.2, 0.25) is 0 Å². The zero-order valence-electron chi connectivity index (χ0n) is 8.85. The minimum Gasteiger partial charge on any atom is -0.298 e. The highest BCUT2D eigenvalue weighted by molar-refractivity contribution is 5.77. The van der Waals surface area contributed by atoms with Crippen molar-refractivity contribution in [3.05, 3.63) is 29.3 Å². The molecule has 0 saturated heterocycles. The zero-order chi connectivity index (χ0) is 10.6. The smallest absolute Gasteiger partial charge is 0.238 e. The monoisotopic (exact) mass is 192 g/mol. The Labute approximate surface area is 84.5 Å². The van der Waals surface area contributed by atoms with Gasteiger partial charge in [0.2, 0.25) is 5.91 Å². The van der Waals surface area contributed by atoms with E-state index in [2.05, 4.69) is 10.9 Å². The third kappa shape index (κ3) is 2.49. The van der Waals surface area contributed by atoms with Gasteiger partial charge in [-0.15, -0.1) is 0 Å². The Morgan fingerprint density at radius 3 is 2.36 bits per heavy atom. The molecule has 0 unspecified atom stereocenters. The van der Waals surface area contributed by atoms with E-state index in [0.29, 0.717) is 6.42 Å². The Hall–Kier alpha value is -1.51. The van der Waals surface area contributed by atoms with Gasteiger partial charge in [0, 0.05) is 6.42 Å². The summed E-state index contributed by atoms with van der Waals surface area (Å²) < 4.78 is 0. The Balaban J connectivity index is 2.71. The highest BCUT2D eigenvalue weighted by Gasteiger charge is 2.01. The number of hydrogen-bond acceptors (Lipinski definition) is 2. The molecule has 1 aromatic carbocycles. The van der Waals surface area contributed by atoms with Crippen molar-refractivity contribution in [2.24, 2.45) is 0 Å². The summed E-state index contributed by atoms with van der Waals surface area (Å²) in [6, 6.07) is 6.01. The van der Waals surface area contributed by atoms with Crippen molar-refractivity contribution in [1.29, 1.82) is 0 Å². The fourth-order valence-corrected chi connectivity index (χ4v) is 1.23. The SMILES string of the molecule is CCC(=O)NNc1c(C)cccc1C. The lowest BCUT2D eigenvalue weighted by molar-refractivity contribution is -0.120. The molecule has 0 bridgehead atoms. The van der Waals surface area contributed by atoms with E-state index in [9.17, 15) is 4.79 Å². The first-order chi connectivity index (χ1) is 6.65. The van der Waals surface area contributed by atoms with Crippen molar-refractivity contribution in [1.82, 2.24) is 5.43 Å². The minimum absolute atomic E-state index is 0.00680. The van der Waals surface area contributed by atoms with Gasteiger partial charge >= 0.3 is 0 Å². The van der Waals surface area contributed by atoms with Crippen molar-refractivity contribution in [3.8, 4) is 0 Å². The van der Waals surface area contributed by atoms with Crippen LogP contribution in [0.25, 0.3) is 0 Å². The van der Waals surface area contributed by atoms with Gasteiger partial charge in [0.25, 0.3) is 0 Å². The maximum absolute atomic E-state index is 11.0. The number of para-hydroxylation sites is 1. The molecule has 3 heteroatoms. The molecule has 0 radical (unpaired) electrons. The minimum atomic E-state index is -0.00680. The van der Waals surface area contributed by atoms with Gasteiger partial charge < -0.3 is 0 Å². The molecule has 14 heavy (non-hydrogen) atoms. The first-order valence-corrected chi connectivity index (χ1v) is 4.76. The Bertz CT molecular complexity index is 314. The van der Waals surface area contributed by atoms with Crippen LogP contribution in [0.5, 0.6) is 0 Å². The topological polar surface area (TPSA) is 41.1 Å². The highest BCUT2D eigenvalue weighted by atomic mass is 16.2. The van der Waals surface area contributed by atoms with Gasteiger partial charge in [-0.2, -0.15) is 0 Å². The molecule has 1 rings (SSSR count). The lowest BCUT2D eigenvalue weighted by Gasteiger charge is -2.12. The number of amides is 1. The van der Waals surface area contributed by atoms with Gasteiger partial charge in [-0.3, -0.25) is 15.6 Å². The summed E-state index contributed by atoms with van der Waals surface area (Å²) in [5.41, 5.74) is 8.81. The van der Waals surface area contributed by atoms with Crippen LogP contribution in [0.1, 0.15) is 24.5 Å². The summed E-state index contributed by atoms with van der Waals surface area (Å²) in [4.78, 5) is 11.0.